The van der Waals surface area contributed by atoms with Crippen LogP contribution in [0.5, 0.6) is 0 Å². The van der Waals surface area contributed by atoms with Crippen molar-refractivity contribution in [3.05, 3.63) is 166 Å². The molecule has 478 valence electrons. The normalized spacial score (nSPS) is 11.7. The molecule has 4 amide bonds. The molecule has 0 radical (unpaired) electrons. The molecule has 31 heteroatoms. The van der Waals surface area contributed by atoms with Crippen LogP contribution in [0.3, 0.4) is 0 Å². The number of benzene rings is 7. The summed E-state index contributed by atoms with van der Waals surface area (Å²) >= 11 is 0. The van der Waals surface area contributed by atoms with Gasteiger partial charge in [0.25, 0.3) is 20.2 Å². The summed E-state index contributed by atoms with van der Waals surface area (Å²) in [6.07, 6.45) is 0. The Morgan fingerprint density at radius 1 is 0.516 bits per heavy atom. The maximum Gasteiger partial charge on any atom is 0.335 e. The zero-order chi connectivity index (χ0) is 66.5. The molecule has 1 aliphatic carbocycles. The number of hydrogen-bond donors (Lipinski definition) is 14. The van der Waals surface area contributed by atoms with Gasteiger partial charge in [0.05, 0.1) is 28.0 Å². The third-order valence-corrected chi connectivity index (χ3v) is 16.3. The summed E-state index contributed by atoms with van der Waals surface area (Å²) in [5, 5.41) is 36.2. The number of aromatic nitrogens is 6. The SMILES string of the molecule is Cc1cc(C)c(NC(=O)NCCNc2nc(N)nc(Nc3cccc(C(=O)O)c3)n2)c(C)c1N=c1cc2oc3cc(Nc4c(C)cc(C)c(NC(=O)NCCNc5nc(N)nc(Nc6ccccc6)n5)c4C)ccc3c(-c3ccccc3S(=O)(=O)O)c-2cc1S(=O)(=O)O. The predicted octanol–water partition coefficient (Wildman–Crippen LogP) is 9.71. The van der Waals surface area contributed by atoms with E-state index in [1.165, 1.54) is 42.5 Å². The Morgan fingerprint density at radius 3 is 1.67 bits per heavy atom. The van der Waals surface area contributed by atoms with E-state index in [1.807, 2.05) is 57.2 Å². The number of nitrogens with one attached hydrogen (secondary N) is 9. The van der Waals surface area contributed by atoms with Gasteiger partial charge >= 0.3 is 18.0 Å². The van der Waals surface area contributed by atoms with Gasteiger partial charge in [-0.2, -0.15) is 46.7 Å². The van der Waals surface area contributed by atoms with E-state index < -0.39 is 48.1 Å². The molecule has 0 saturated carbocycles. The van der Waals surface area contributed by atoms with Crippen molar-refractivity contribution in [1.82, 2.24) is 40.5 Å². The number of hydrogen-bond acceptors (Lipinski definition) is 22. The average molecular weight is 1300 g/mol. The lowest BCUT2D eigenvalue weighted by molar-refractivity contribution is 0.0696. The van der Waals surface area contributed by atoms with E-state index in [-0.39, 0.29) is 112 Å². The van der Waals surface area contributed by atoms with Crippen LogP contribution < -0.4 is 64.7 Å². The fourth-order valence-electron chi connectivity index (χ4n) is 10.4. The number of amides is 4. The first-order chi connectivity index (χ1) is 44.3. The first-order valence-corrected chi connectivity index (χ1v) is 31.3. The van der Waals surface area contributed by atoms with Crippen LogP contribution in [0.2, 0.25) is 0 Å². The molecular formula is C62H62N18O11S2. The number of nitrogen functional groups attached to an aromatic ring is 2. The molecular weight excluding hydrogens is 1240 g/mol. The van der Waals surface area contributed by atoms with Crippen molar-refractivity contribution in [3.63, 3.8) is 0 Å². The van der Waals surface area contributed by atoms with Gasteiger partial charge < -0.3 is 68.8 Å². The molecule has 10 rings (SSSR count). The summed E-state index contributed by atoms with van der Waals surface area (Å²) < 4.78 is 81.4. The van der Waals surface area contributed by atoms with E-state index in [4.69, 9.17) is 20.9 Å². The summed E-state index contributed by atoms with van der Waals surface area (Å²) in [6, 6.07) is 30.7. The molecule has 3 heterocycles. The Morgan fingerprint density at radius 2 is 1.05 bits per heavy atom. The van der Waals surface area contributed by atoms with Gasteiger partial charge in [-0.3, -0.25) is 9.11 Å². The van der Waals surface area contributed by atoms with Crippen LogP contribution in [-0.4, -0.2) is 105 Å². The van der Waals surface area contributed by atoms with E-state index in [1.54, 1.807) is 57.2 Å². The number of nitrogens with zero attached hydrogens (tertiary/aromatic N) is 7. The van der Waals surface area contributed by atoms with Crippen molar-refractivity contribution in [2.24, 2.45) is 4.99 Å². The molecule has 2 aliphatic rings. The summed E-state index contributed by atoms with van der Waals surface area (Å²) in [5.41, 5.74) is 19.3. The Kier molecular flexibility index (Phi) is 18.6. The van der Waals surface area contributed by atoms with Gasteiger partial charge in [-0.15, -0.1) is 0 Å². The van der Waals surface area contributed by atoms with Crippen LogP contribution in [0.4, 0.5) is 85.1 Å². The summed E-state index contributed by atoms with van der Waals surface area (Å²) in [6.45, 7) is 11.3. The minimum atomic E-state index is -5.13. The summed E-state index contributed by atoms with van der Waals surface area (Å²) in [5.74, 6) is -0.736. The number of carbonyl (C=O) groups is 3. The number of fused-ring (bicyclic) bond motifs is 2. The number of urea groups is 2. The van der Waals surface area contributed by atoms with E-state index in [9.17, 15) is 45.4 Å². The second-order valence-electron chi connectivity index (χ2n) is 21.2. The molecule has 16 N–H and O–H groups in total. The summed E-state index contributed by atoms with van der Waals surface area (Å²) in [7, 11) is -10.0. The van der Waals surface area contributed by atoms with Gasteiger partial charge in [0, 0.05) is 83.1 Å². The number of anilines is 12. The second kappa shape index (κ2) is 26.9. The molecule has 0 atom stereocenters. The number of para-hydroxylation sites is 1. The van der Waals surface area contributed by atoms with E-state index >= 15 is 0 Å². The van der Waals surface area contributed by atoms with Gasteiger partial charge in [0.15, 0.2) is 0 Å². The molecule has 0 bridgehead atoms. The zero-order valence-electron chi connectivity index (χ0n) is 50.6. The Balaban J connectivity index is 0.918. The number of nitrogens with two attached hydrogens (primary N) is 2. The minimum absolute atomic E-state index is 0.00448. The van der Waals surface area contributed by atoms with Gasteiger partial charge in [0.2, 0.25) is 35.7 Å². The molecule has 1 aliphatic heterocycles. The number of rotatable bonds is 21. The zero-order valence-corrected chi connectivity index (χ0v) is 52.2. The van der Waals surface area contributed by atoms with Crippen LogP contribution in [-0.2, 0) is 20.2 Å². The highest BCUT2D eigenvalue weighted by molar-refractivity contribution is 7.86. The van der Waals surface area contributed by atoms with Crippen molar-refractivity contribution >= 4 is 125 Å². The van der Waals surface area contributed by atoms with Gasteiger partial charge in [-0.25, -0.2) is 19.4 Å². The van der Waals surface area contributed by atoms with Crippen LogP contribution in [0.1, 0.15) is 43.7 Å². The first-order valence-electron chi connectivity index (χ1n) is 28.4. The predicted molar refractivity (Wildman–Crippen MR) is 354 cm³/mol. The highest BCUT2D eigenvalue weighted by Gasteiger charge is 2.28. The second-order valence-corrected chi connectivity index (χ2v) is 24.0. The summed E-state index contributed by atoms with van der Waals surface area (Å²) in [4.78, 5) is 67.1. The van der Waals surface area contributed by atoms with Crippen LogP contribution in [0.15, 0.2) is 141 Å². The Hall–Kier alpha value is -11.5. The number of carboxylic acids is 1. The Labute approximate surface area is 531 Å². The number of aryl methyl sites for hydroxylation is 4. The molecule has 0 saturated heterocycles. The third kappa shape index (κ3) is 15.2. The molecule has 93 heavy (non-hydrogen) atoms. The smallest absolute Gasteiger partial charge is 0.335 e. The average Bonchev–Trinajstić information content (AvgIpc) is 0.743. The van der Waals surface area contributed by atoms with Gasteiger partial charge in [-0.1, -0.05) is 54.6 Å². The maximum atomic E-state index is 13.5. The Bertz CT molecular complexity index is 4880. The van der Waals surface area contributed by atoms with Gasteiger partial charge in [0.1, 0.15) is 21.1 Å². The molecule has 0 unspecified atom stereocenters. The quantitative estimate of drug-likeness (QED) is 0.0181. The molecule has 29 nitrogen and oxygen atoms in total. The lowest BCUT2D eigenvalue weighted by Gasteiger charge is -2.21. The molecule has 0 spiro atoms. The van der Waals surface area contributed by atoms with Crippen molar-refractivity contribution in [3.8, 4) is 22.5 Å². The highest BCUT2D eigenvalue weighted by atomic mass is 32.2. The molecule has 0 fully saturated rings. The largest absolute Gasteiger partial charge is 0.478 e. The molecule has 2 aromatic heterocycles. The first kappa shape index (κ1) is 64.4. The van der Waals surface area contributed by atoms with Gasteiger partial charge in [-0.05, 0) is 130 Å². The monoisotopic (exact) mass is 1300 g/mol. The number of aromatic carboxylic acids is 1. The fourth-order valence-corrected chi connectivity index (χ4v) is 11.8. The lowest BCUT2D eigenvalue weighted by atomic mass is 9.93. The third-order valence-electron chi connectivity index (χ3n) is 14.5. The van der Waals surface area contributed by atoms with E-state index in [0.717, 1.165) is 22.9 Å². The van der Waals surface area contributed by atoms with Crippen molar-refractivity contribution < 1.29 is 49.8 Å². The van der Waals surface area contributed by atoms with Crippen LogP contribution in [0.25, 0.3) is 33.4 Å². The van der Waals surface area contributed by atoms with E-state index in [0.29, 0.717) is 50.7 Å². The van der Waals surface area contributed by atoms with Crippen LogP contribution in [0, 0.1) is 41.5 Å². The van der Waals surface area contributed by atoms with Crippen molar-refractivity contribution in [1.29, 1.82) is 0 Å². The van der Waals surface area contributed by atoms with Crippen LogP contribution >= 0.6 is 0 Å². The fraction of sp³-hybridized carbons (Fsp3) is 0.161. The maximum absolute atomic E-state index is 13.5. The lowest BCUT2D eigenvalue weighted by Crippen LogP contribution is -2.33. The van der Waals surface area contributed by atoms with Crippen molar-refractivity contribution in [2.45, 2.75) is 51.3 Å². The minimum Gasteiger partial charge on any atom is -0.478 e. The van der Waals surface area contributed by atoms with Crippen molar-refractivity contribution in [2.75, 3.05) is 74.9 Å². The number of carbonyl (C=O) groups excluding carboxylic acids is 2. The molecule has 8 aromatic rings. The topological polar surface area (TPSA) is 443 Å². The molecule has 6 aromatic carbocycles. The van der Waals surface area contributed by atoms with E-state index in [2.05, 4.69) is 77.8 Å². The highest BCUT2D eigenvalue weighted by Crippen LogP contribution is 2.45. The number of carboxylic acid groups (broad SMARTS) is 1. The standard InChI is InChI=1S/C62H62N18O11S2/c1-31-25-33(3)52(73-61(83)67-23-21-65-57-75-55(63)77-59(79-57)70-38-14-8-7-9-15-38)35(5)50(31)69-40-19-20-41-45(28-40)91-46-30-44(48(93(88,89)90)29-43(46)49(41)42-17-10-11-18-47(42)92(85,86)87)72-51-32(2)26-34(4)53(36(51)6)74-62(84)68-24-22-66-58-76-56(64)78-60(80-58)71-39-16-12-13-37(27-39)54(81)82/h7-20,25-30,69H,21-24H2,1-6H3,(H,81,82)(H2,67,73,83)(H2,68,74,84)(H,85,86,87)(H,88,89,90)(H4,63,65,70,75,77,79)(H4,64,66,71,76,78,80).